The fourth-order valence-corrected chi connectivity index (χ4v) is 14.5. The molecule has 0 aliphatic heterocycles. The summed E-state index contributed by atoms with van der Waals surface area (Å²) in [5, 5.41) is 10.6. The van der Waals surface area contributed by atoms with Gasteiger partial charge in [0.25, 0.3) is 0 Å². The van der Waals surface area contributed by atoms with Crippen molar-refractivity contribution in [2.24, 2.45) is 11.8 Å². The van der Waals surface area contributed by atoms with Gasteiger partial charge in [0.1, 0.15) is 19.3 Å². The molecule has 2 unspecified atom stereocenters. The van der Waals surface area contributed by atoms with Crippen LogP contribution < -0.4 is 0 Å². The summed E-state index contributed by atoms with van der Waals surface area (Å²) in [7, 11) is -9.91. The molecule has 0 aromatic rings. The number of carbonyl (C=O) groups is 4. The van der Waals surface area contributed by atoms with Crippen molar-refractivity contribution < 1.29 is 80.2 Å². The molecule has 3 N–H and O–H groups in total. The zero-order valence-electron chi connectivity index (χ0n) is 66.9. The van der Waals surface area contributed by atoms with Crippen molar-refractivity contribution in [1.82, 2.24) is 0 Å². The van der Waals surface area contributed by atoms with E-state index in [1.165, 1.54) is 244 Å². The Kier molecular flexibility index (Phi) is 73.1. The predicted octanol–water partition coefficient (Wildman–Crippen LogP) is 25.1. The molecule has 0 aromatic carbocycles. The molecule has 0 radical (unpaired) electrons. The fourth-order valence-electron chi connectivity index (χ4n) is 12.9. The van der Waals surface area contributed by atoms with E-state index < -0.39 is 97.5 Å². The van der Waals surface area contributed by atoms with E-state index in [4.69, 9.17) is 37.0 Å². The molecule has 5 atom stereocenters. The lowest BCUT2D eigenvalue weighted by Crippen LogP contribution is -2.30. The Balaban J connectivity index is 5.15. The SMILES string of the molecule is CCCCCCCCCCCCCCCC(=O)O[C@H](COC(=O)CCCCCCCCC)COP(=O)(O)OC[C@H](O)COP(=O)(O)OC[C@@H](COC(=O)CCCCCCCCCCCCCCCCCCCCC(C)C)OC(=O)CCCCCCCCCCCCCCCCCCCCC(C)C. The zero-order chi connectivity index (χ0) is 74.9. The van der Waals surface area contributed by atoms with Crippen LogP contribution in [-0.2, 0) is 65.4 Å². The van der Waals surface area contributed by atoms with Crippen molar-refractivity contribution in [2.75, 3.05) is 39.6 Å². The second-order valence-corrected chi connectivity index (χ2v) is 33.7. The van der Waals surface area contributed by atoms with Gasteiger partial charge in [-0.1, -0.05) is 388 Å². The van der Waals surface area contributed by atoms with Gasteiger partial charge in [-0.15, -0.1) is 0 Å². The maximum absolute atomic E-state index is 13.1. The Labute approximate surface area is 626 Å². The topological polar surface area (TPSA) is 237 Å². The molecule has 0 amide bonds. The van der Waals surface area contributed by atoms with E-state index >= 15 is 0 Å². The van der Waals surface area contributed by atoms with Crippen LogP contribution in [0.1, 0.15) is 440 Å². The van der Waals surface area contributed by atoms with E-state index in [9.17, 15) is 43.2 Å². The summed E-state index contributed by atoms with van der Waals surface area (Å²) in [6, 6.07) is 0. The first-order valence-corrected chi connectivity index (χ1v) is 46.0. The number of phosphoric acid groups is 2. The second kappa shape index (κ2) is 74.5. The Bertz CT molecular complexity index is 1960. The van der Waals surface area contributed by atoms with Crippen LogP contribution in [0.15, 0.2) is 0 Å². The van der Waals surface area contributed by atoms with Crippen LogP contribution >= 0.6 is 15.6 Å². The van der Waals surface area contributed by atoms with Crippen LogP contribution in [0.25, 0.3) is 0 Å². The quantitative estimate of drug-likeness (QED) is 0.0222. The lowest BCUT2D eigenvalue weighted by Gasteiger charge is -2.21. The number of phosphoric ester groups is 2. The summed E-state index contributed by atoms with van der Waals surface area (Å²) in [5.41, 5.74) is 0. The number of aliphatic hydroxyl groups excluding tert-OH is 1. The van der Waals surface area contributed by atoms with E-state index in [0.29, 0.717) is 25.7 Å². The molecule has 0 aliphatic rings. The minimum atomic E-state index is -4.96. The standard InChI is InChI=1S/C83H162O17P2/c1-7-9-11-13-15-16-17-30-38-43-49-55-61-67-82(87)99-78(71-93-80(85)65-59-53-45-14-12-10-8-2)73-97-101(89,90)95-69-77(84)70-96-102(91,92)98-74-79(100-83(88)68-62-56-50-44-39-34-29-25-21-19-23-27-32-36-41-47-52-58-64-76(5)6)72-94-81(86)66-60-54-48-42-37-33-28-24-20-18-22-26-31-35-40-46-51-57-63-75(3)4/h75-79,84H,7-74H2,1-6H3,(H,89,90)(H,91,92)/t77-,78+,79+/m0/s1. The molecular formula is C83H162O17P2. The average Bonchev–Trinajstić information content (AvgIpc) is 0.912. The van der Waals surface area contributed by atoms with Gasteiger partial charge in [-0.2, -0.15) is 0 Å². The minimum absolute atomic E-state index is 0.108. The average molecular weight is 1490 g/mol. The van der Waals surface area contributed by atoms with Crippen molar-refractivity contribution in [3.8, 4) is 0 Å². The van der Waals surface area contributed by atoms with Crippen LogP contribution in [0.4, 0.5) is 0 Å². The van der Waals surface area contributed by atoms with Gasteiger partial charge >= 0.3 is 39.5 Å². The monoisotopic (exact) mass is 1490 g/mol. The molecule has 102 heavy (non-hydrogen) atoms. The number of hydrogen-bond acceptors (Lipinski definition) is 15. The molecule has 606 valence electrons. The molecule has 0 heterocycles. The van der Waals surface area contributed by atoms with E-state index in [1.807, 2.05) is 0 Å². The van der Waals surface area contributed by atoms with E-state index in [2.05, 4.69) is 41.5 Å². The molecule has 0 aliphatic carbocycles. The highest BCUT2D eigenvalue weighted by Gasteiger charge is 2.30. The fraction of sp³-hybridized carbons (Fsp3) is 0.952. The molecule has 0 rings (SSSR count). The van der Waals surface area contributed by atoms with Crippen LogP contribution in [0.3, 0.4) is 0 Å². The van der Waals surface area contributed by atoms with E-state index in [-0.39, 0.29) is 25.7 Å². The molecule has 0 aromatic heterocycles. The van der Waals surface area contributed by atoms with Crippen molar-refractivity contribution >= 4 is 39.5 Å². The normalized spacial score (nSPS) is 13.9. The van der Waals surface area contributed by atoms with Crippen molar-refractivity contribution in [1.29, 1.82) is 0 Å². The number of unbranched alkanes of at least 4 members (excludes halogenated alkanes) is 52. The molecule has 0 saturated heterocycles. The molecule has 0 fully saturated rings. The van der Waals surface area contributed by atoms with Gasteiger partial charge in [-0.3, -0.25) is 37.3 Å². The van der Waals surface area contributed by atoms with Gasteiger partial charge in [-0.25, -0.2) is 9.13 Å². The summed E-state index contributed by atoms with van der Waals surface area (Å²) in [5.74, 6) is -0.467. The van der Waals surface area contributed by atoms with Crippen LogP contribution in [0, 0.1) is 11.8 Å². The molecule has 0 spiro atoms. The molecule has 0 bridgehead atoms. The van der Waals surface area contributed by atoms with Crippen LogP contribution in [0.2, 0.25) is 0 Å². The number of ether oxygens (including phenoxy) is 4. The van der Waals surface area contributed by atoms with Gasteiger partial charge in [-0.05, 0) is 37.5 Å². The summed E-state index contributed by atoms with van der Waals surface area (Å²) in [6.07, 6.45) is 65.5. The van der Waals surface area contributed by atoms with Gasteiger partial charge in [0.15, 0.2) is 12.2 Å². The highest BCUT2D eigenvalue weighted by molar-refractivity contribution is 7.47. The third-order valence-electron chi connectivity index (χ3n) is 19.5. The van der Waals surface area contributed by atoms with Crippen molar-refractivity contribution in [2.45, 2.75) is 458 Å². The highest BCUT2D eigenvalue weighted by atomic mass is 31.2. The molecule has 0 saturated carbocycles. The largest absolute Gasteiger partial charge is 0.472 e. The maximum atomic E-state index is 13.1. The summed E-state index contributed by atoms with van der Waals surface area (Å²) in [4.78, 5) is 72.9. The Hall–Kier alpha value is -1.94. The molecule has 17 nitrogen and oxygen atoms in total. The first-order chi connectivity index (χ1) is 49.4. The maximum Gasteiger partial charge on any atom is 0.472 e. The number of esters is 4. The lowest BCUT2D eigenvalue weighted by atomic mass is 10.0. The number of hydrogen-bond donors (Lipinski definition) is 3. The zero-order valence-corrected chi connectivity index (χ0v) is 68.7. The lowest BCUT2D eigenvalue weighted by molar-refractivity contribution is -0.161. The summed E-state index contributed by atoms with van der Waals surface area (Å²) in [6.45, 7) is 9.68. The Morgan fingerprint density at radius 3 is 0.667 bits per heavy atom. The second-order valence-electron chi connectivity index (χ2n) is 30.8. The van der Waals surface area contributed by atoms with Crippen LogP contribution in [0.5, 0.6) is 0 Å². The van der Waals surface area contributed by atoms with E-state index in [1.54, 1.807) is 0 Å². The number of rotatable bonds is 82. The number of aliphatic hydroxyl groups is 1. The van der Waals surface area contributed by atoms with Gasteiger partial charge < -0.3 is 33.8 Å². The third-order valence-corrected chi connectivity index (χ3v) is 21.4. The Morgan fingerprint density at radius 2 is 0.451 bits per heavy atom. The van der Waals surface area contributed by atoms with Gasteiger partial charge in [0.05, 0.1) is 26.4 Å². The molecular weight excluding hydrogens is 1330 g/mol. The highest BCUT2D eigenvalue weighted by Crippen LogP contribution is 2.45. The summed E-state index contributed by atoms with van der Waals surface area (Å²) >= 11 is 0. The minimum Gasteiger partial charge on any atom is -0.462 e. The van der Waals surface area contributed by atoms with Gasteiger partial charge in [0, 0.05) is 25.7 Å². The van der Waals surface area contributed by atoms with E-state index in [0.717, 1.165) is 115 Å². The van der Waals surface area contributed by atoms with Crippen molar-refractivity contribution in [3.63, 3.8) is 0 Å². The summed E-state index contributed by atoms with van der Waals surface area (Å²) < 4.78 is 68.6. The predicted molar refractivity (Wildman–Crippen MR) is 418 cm³/mol. The Morgan fingerprint density at radius 1 is 0.265 bits per heavy atom. The first kappa shape index (κ1) is 100. The molecule has 19 heteroatoms. The third kappa shape index (κ3) is 76.3. The van der Waals surface area contributed by atoms with Crippen molar-refractivity contribution in [3.05, 3.63) is 0 Å². The number of carbonyl (C=O) groups excluding carboxylic acids is 4. The smallest absolute Gasteiger partial charge is 0.462 e. The van der Waals surface area contributed by atoms with Crippen LogP contribution in [-0.4, -0.2) is 96.7 Å². The first-order valence-electron chi connectivity index (χ1n) is 43.0. The van der Waals surface area contributed by atoms with Gasteiger partial charge in [0.2, 0.25) is 0 Å².